The maximum atomic E-state index is 4.74. The van der Waals surface area contributed by atoms with E-state index in [0.29, 0.717) is 0 Å². The zero-order valence-electron chi connectivity index (χ0n) is 13.4. The van der Waals surface area contributed by atoms with Gasteiger partial charge in [0, 0.05) is 21.6 Å². The van der Waals surface area contributed by atoms with Crippen LogP contribution in [0.5, 0.6) is 0 Å². The third-order valence-electron chi connectivity index (χ3n) is 3.66. The molecule has 0 radical (unpaired) electrons. The Labute approximate surface area is 142 Å². The monoisotopic (exact) mass is 317 g/mol. The maximum absolute atomic E-state index is 4.74. The van der Waals surface area contributed by atoms with Gasteiger partial charge in [-0.2, -0.15) is 0 Å². The summed E-state index contributed by atoms with van der Waals surface area (Å²) >= 11 is 1.77. The normalized spacial score (nSPS) is 11.0. The van der Waals surface area contributed by atoms with Crippen LogP contribution in [0.4, 0.5) is 5.69 Å². The summed E-state index contributed by atoms with van der Waals surface area (Å²) in [5.74, 6) is 0. The van der Waals surface area contributed by atoms with Crippen LogP contribution in [0.15, 0.2) is 87.6 Å². The lowest BCUT2D eigenvalue weighted by molar-refractivity contribution is 1.32. The summed E-state index contributed by atoms with van der Waals surface area (Å²) < 4.78 is 0. The summed E-state index contributed by atoms with van der Waals surface area (Å²) in [6, 6.07) is 25.1. The number of nitrogens with zero attached hydrogens (tertiary/aromatic N) is 1. The van der Waals surface area contributed by atoms with Gasteiger partial charge in [-0.1, -0.05) is 66.4 Å². The zero-order valence-corrected chi connectivity index (χ0v) is 14.2. The van der Waals surface area contributed by atoms with E-state index in [-0.39, 0.29) is 0 Å². The van der Waals surface area contributed by atoms with Crippen LogP contribution < -0.4 is 0 Å². The fourth-order valence-corrected chi connectivity index (χ4v) is 3.37. The van der Waals surface area contributed by atoms with Crippen molar-refractivity contribution in [2.45, 2.75) is 23.6 Å². The molecule has 1 nitrogen and oxygen atoms in total. The summed E-state index contributed by atoms with van der Waals surface area (Å²) in [4.78, 5) is 7.19. The average Bonchev–Trinajstić information content (AvgIpc) is 2.57. The number of aliphatic imine (C=N–C) groups is 1. The van der Waals surface area contributed by atoms with Gasteiger partial charge in [-0.25, -0.2) is 0 Å². The SMILES string of the molecule is Cc1cccc(C)c1N=Cc1ccccc1Sc1ccccc1. The van der Waals surface area contributed by atoms with E-state index in [2.05, 4.69) is 80.6 Å². The molecular weight excluding hydrogens is 298 g/mol. The number of hydrogen-bond acceptors (Lipinski definition) is 2. The van der Waals surface area contributed by atoms with E-state index < -0.39 is 0 Å². The van der Waals surface area contributed by atoms with Crippen LogP contribution in [0.2, 0.25) is 0 Å². The first-order valence-corrected chi connectivity index (χ1v) is 8.48. The van der Waals surface area contributed by atoms with Crippen molar-refractivity contribution in [3.05, 3.63) is 89.5 Å². The van der Waals surface area contributed by atoms with Crippen LogP contribution in [-0.2, 0) is 0 Å². The smallest absolute Gasteiger partial charge is 0.0688 e. The van der Waals surface area contributed by atoms with Gasteiger partial charge in [0.05, 0.1) is 5.69 Å². The molecule has 0 spiro atoms. The third kappa shape index (κ3) is 3.91. The molecule has 0 aromatic heterocycles. The number of benzene rings is 3. The lowest BCUT2D eigenvalue weighted by Crippen LogP contribution is -1.87. The molecule has 0 saturated heterocycles. The van der Waals surface area contributed by atoms with Crippen molar-refractivity contribution in [1.82, 2.24) is 0 Å². The molecule has 0 amide bonds. The quantitative estimate of drug-likeness (QED) is 0.521. The summed E-state index contributed by atoms with van der Waals surface area (Å²) in [5, 5.41) is 0. The fraction of sp³-hybridized carbons (Fsp3) is 0.0952. The Morgan fingerprint density at radius 3 is 2.13 bits per heavy atom. The van der Waals surface area contributed by atoms with Crippen molar-refractivity contribution in [2.24, 2.45) is 4.99 Å². The second-order valence-electron chi connectivity index (χ2n) is 5.45. The van der Waals surface area contributed by atoms with Crippen molar-refractivity contribution < 1.29 is 0 Å². The highest BCUT2D eigenvalue weighted by Crippen LogP contribution is 2.30. The van der Waals surface area contributed by atoms with Crippen molar-refractivity contribution in [3.63, 3.8) is 0 Å². The van der Waals surface area contributed by atoms with Gasteiger partial charge in [0.15, 0.2) is 0 Å². The first kappa shape index (κ1) is 15.6. The van der Waals surface area contributed by atoms with E-state index in [1.54, 1.807) is 11.8 Å². The van der Waals surface area contributed by atoms with Gasteiger partial charge < -0.3 is 0 Å². The first-order valence-electron chi connectivity index (χ1n) is 7.66. The molecule has 0 aliphatic carbocycles. The molecule has 0 aliphatic heterocycles. The molecule has 0 N–H and O–H groups in total. The first-order chi connectivity index (χ1) is 11.2. The highest BCUT2D eigenvalue weighted by molar-refractivity contribution is 7.99. The maximum Gasteiger partial charge on any atom is 0.0688 e. The van der Waals surface area contributed by atoms with E-state index in [4.69, 9.17) is 4.99 Å². The number of hydrogen-bond donors (Lipinski definition) is 0. The molecule has 0 bridgehead atoms. The molecule has 114 valence electrons. The summed E-state index contributed by atoms with van der Waals surface area (Å²) in [7, 11) is 0. The topological polar surface area (TPSA) is 12.4 Å². The minimum atomic E-state index is 1.06. The second-order valence-corrected chi connectivity index (χ2v) is 6.57. The molecule has 0 heterocycles. The van der Waals surface area contributed by atoms with E-state index in [1.807, 2.05) is 12.3 Å². The van der Waals surface area contributed by atoms with E-state index in [1.165, 1.54) is 20.9 Å². The van der Waals surface area contributed by atoms with Gasteiger partial charge in [-0.3, -0.25) is 4.99 Å². The Morgan fingerprint density at radius 2 is 1.39 bits per heavy atom. The van der Waals surface area contributed by atoms with Gasteiger partial charge >= 0.3 is 0 Å². The number of aryl methyl sites for hydroxylation is 2. The predicted octanol–water partition coefficient (Wildman–Crippen LogP) is 6.21. The molecule has 0 aliphatic rings. The van der Waals surface area contributed by atoms with Crippen molar-refractivity contribution in [3.8, 4) is 0 Å². The fourth-order valence-electron chi connectivity index (χ4n) is 2.44. The lowest BCUT2D eigenvalue weighted by atomic mass is 10.1. The van der Waals surface area contributed by atoms with Crippen LogP contribution in [-0.4, -0.2) is 6.21 Å². The Kier molecular flexibility index (Phi) is 4.94. The Hall–Kier alpha value is -2.32. The van der Waals surface area contributed by atoms with Gasteiger partial charge in [-0.15, -0.1) is 0 Å². The predicted molar refractivity (Wildman–Crippen MR) is 100 cm³/mol. The summed E-state index contributed by atoms with van der Waals surface area (Å²) in [6.45, 7) is 4.20. The van der Waals surface area contributed by atoms with Gasteiger partial charge in [0.2, 0.25) is 0 Å². The molecule has 3 aromatic rings. The molecule has 0 fully saturated rings. The van der Waals surface area contributed by atoms with Crippen LogP contribution in [0, 0.1) is 13.8 Å². The highest BCUT2D eigenvalue weighted by Gasteiger charge is 2.03. The molecule has 23 heavy (non-hydrogen) atoms. The Balaban J connectivity index is 1.90. The molecule has 3 aromatic carbocycles. The second kappa shape index (κ2) is 7.30. The van der Waals surface area contributed by atoms with Gasteiger partial charge in [-0.05, 0) is 43.2 Å². The van der Waals surface area contributed by atoms with Gasteiger partial charge in [0.1, 0.15) is 0 Å². The van der Waals surface area contributed by atoms with Crippen LogP contribution in [0.25, 0.3) is 0 Å². The highest BCUT2D eigenvalue weighted by atomic mass is 32.2. The lowest BCUT2D eigenvalue weighted by Gasteiger charge is -2.07. The van der Waals surface area contributed by atoms with E-state index in [0.717, 1.165) is 11.3 Å². The van der Waals surface area contributed by atoms with Crippen molar-refractivity contribution >= 4 is 23.7 Å². The molecule has 0 atom stereocenters. The number of para-hydroxylation sites is 1. The van der Waals surface area contributed by atoms with E-state index >= 15 is 0 Å². The zero-order chi connectivity index (χ0) is 16.1. The summed E-state index contributed by atoms with van der Waals surface area (Å²) in [5.41, 5.74) is 4.61. The molecule has 3 rings (SSSR count). The number of rotatable bonds is 4. The third-order valence-corrected chi connectivity index (χ3v) is 4.76. The molecule has 0 saturated carbocycles. The minimum Gasteiger partial charge on any atom is -0.256 e. The molecule has 0 unspecified atom stereocenters. The summed E-state index contributed by atoms with van der Waals surface area (Å²) in [6.07, 6.45) is 1.97. The van der Waals surface area contributed by atoms with Crippen LogP contribution in [0.1, 0.15) is 16.7 Å². The average molecular weight is 317 g/mol. The van der Waals surface area contributed by atoms with E-state index in [9.17, 15) is 0 Å². The Bertz CT molecular complexity index is 802. The standard InChI is InChI=1S/C21H19NS/c1-16-9-8-10-17(2)21(16)22-15-18-11-6-7-14-20(18)23-19-12-4-3-5-13-19/h3-15H,1-2H3. The minimum absolute atomic E-state index is 1.06. The van der Waals surface area contributed by atoms with Crippen LogP contribution >= 0.6 is 11.8 Å². The van der Waals surface area contributed by atoms with Gasteiger partial charge in [0.25, 0.3) is 0 Å². The van der Waals surface area contributed by atoms with Crippen molar-refractivity contribution in [2.75, 3.05) is 0 Å². The largest absolute Gasteiger partial charge is 0.256 e. The molecule has 2 heteroatoms. The van der Waals surface area contributed by atoms with Crippen LogP contribution in [0.3, 0.4) is 0 Å². The van der Waals surface area contributed by atoms with Crippen molar-refractivity contribution in [1.29, 1.82) is 0 Å². The molecular formula is C21H19NS. The Morgan fingerprint density at radius 1 is 0.739 bits per heavy atom.